The number of nitrogens with zero attached hydrogens (tertiary/aromatic N) is 1. The molecule has 2 aromatic rings. The van der Waals surface area contributed by atoms with Gasteiger partial charge in [-0.05, 0) is 12.1 Å². The Balaban J connectivity index is 2.54. The molecule has 19 heavy (non-hydrogen) atoms. The normalized spacial score (nSPS) is 10.1. The summed E-state index contributed by atoms with van der Waals surface area (Å²) in [5.74, 6) is 1.66. The number of benzene rings is 1. The molecular formula is C13H13NO5. The summed E-state index contributed by atoms with van der Waals surface area (Å²) in [4.78, 5) is 10.6. The summed E-state index contributed by atoms with van der Waals surface area (Å²) < 4.78 is 20.5. The molecule has 2 rings (SSSR count). The fourth-order valence-corrected chi connectivity index (χ4v) is 1.71. The molecule has 0 aliphatic carbocycles. The van der Waals surface area contributed by atoms with Crippen LogP contribution in [-0.2, 0) is 0 Å². The molecule has 0 spiro atoms. The molecule has 0 fully saturated rings. The van der Waals surface area contributed by atoms with E-state index in [0.29, 0.717) is 34.8 Å². The van der Waals surface area contributed by atoms with Gasteiger partial charge in [-0.15, -0.1) is 0 Å². The van der Waals surface area contributed by atoms with Crippen LogP contribution in [0.2, 0.25) is 0 Å². The Hall–Kier alpha value is -2.50. The van der Waals surface area contributed by atoms with Crippen LogP contribution < -0.4 is 14.2 Å². The van der Waals surface area contributed by atoms with E-state index < -0.39 is 0 Å². The van der Waals surface area contributed by atoms with Gasteiger partial charge in [-0.1, -0.05) is 5.16 Å². The van der Waals surface area contributed by atoms with E-state index in [1.165, 1.54) is 27.4 Å². The number of carbonyl (C=O) groups excluding carboxylic acids is 1. The van der Waals surface area contributed by atoms with Gasteiger partial charge in [0.25, 0.3) is 0 Å². The van der Waals surface area contributed by atoms with Crippen LogP contribution in [0.3, 0.4) is 0 Å². The van der Waals surface area contributed by atoms with E-state index in [1.807, 2.05) is 0 Å². The second-order valence-corrected chi connectivity index (χ2v) is 3.65. The molecule has 0 bridgehead atoms. The van der Waals surface area contributed by atoms with Gasteiger partial charge in [0.05, 0.1) is 21.3 Å². The maximum Gasteiger partial charge on any atom is 0.203 e. The molecular weight excluding hydrogens is 250 g/mol. The Morgan fingerprint density at radius 2 is 1.68 bits per heavy atom. The van der Waals surface area contributed by atoms with Crippen LogP contribution in [0.4, 0.5) is 0 Å². The Morgan fingerprint density at radius 3 is 2.11 bits per heavy atom. The number of hydrogen-bond acceptors (Lipinski definition) is 6. The first-order chi connectivity index (χ1) is 9.23. The van der Waals surface area contributed by atoms with Gasteiger partial charge < -0.3 is 18.7 Å². The van der Waals surface area contributed by atoms with E-state index in [9.17, 15) is 4.79 Å². The van der Waals surface area contributed by atoms with Gasteiger partial charge in [0.15, 0.2) is 23.5 Å². The zero-order valence-corrected chi connectivity index (χ0v) is 10.8. The highest BCUT2D eigenvalue weighted by atomic mass is 16.5. The third kappa shape index (κ3) is 2.37. The minimum atomic E-state index is 0.156. The first-order valence-corrected chi connectivity index (χ1v) is 5.45. The van der Waals surface area contributed by atoms with Gasteiger partial charge in [-0.3, -0.25) is 4.79 Å². The summed E-state index contributed by atoms with van der Waals surface area (Å²) in [5.41, 5.74) is 1.22. The molecule has 1 aromatic heterocycles. The van der Waals surface area contributed by atoms with Gasteiger partial charge in [0, 0.05) is 11.6 Å². The second-order valence-electron chi connectivity index (χ2n) is 3.65. The van der Waals surface area contributed by atoms with E-state index in [1.54, 1.807) is 12.1 Å². The average Bonchev–Trinajstić information content (AvgIpc) is 2.94. The van der Waals surface area contributed by atoms with Crippen molar-refractivity contribution in [2.75, 3.05) is 21.3 Å². The smallest absolute Gasteiger partial charge is 0.203 e. The molecule has 0 saturated carbocycles. The first-order valence-electron chi connectivity index (χ1n) is 5.45. The molecule has 1 aromatic carbocycles. The standard InChI is InChI=1S/C13H13NO5/c1-16-11-4-8(5-12(17-2)13(11)18-3)10-6-9(7-15)19-14-10/h4-7H,1-3H3. The monoisotopic (exact) mass is 263 g/mol. The lowest BCUT2D eigenvalue weighted by atomic mass is 10.1. The Morgan fingerprint density at radius 1 is 1.05 bits per heavy atom. The van der Waals surface area contributed by atoms with Crippen molar-refractivity contribution in [1.29, 1.82) is 0 Å². The molecule has 100 valence electrons. The van der Waals surface area contributed by atoms with Crippen molar-refractivity contribution in [3.05, 3.63) is 24.0 Å². The molecule has 0 saturated heterocycles. The van der Waals surface area contributed by atoms with Gasteiger partial charge in [0.1, 0.15) is 5.69 Å². The topological polar surface area (TPSA) is 70.8 Å². The lowest BCUT2D eigenvalue weighted by Crippen LogP contribution is -1.95. The number of hydrogen-bond donors (Lipinski definition) is 0. The third-order valence-electron chi connectivity index (χ3n) is 2.61. The van der Waals surface area contributed by atoms with Crippen molar-refractivity contribution in [3.63, 3.8) is 0 Å². The largest absolute Gasteiger partial charge is 0.493 e. The van der Waals surface area contributed by atoms with E-state index in [-0.39, 0.29) is 5.76 Å². The molecule has 0 radical (unpaired) electrons. The van der Waals surface area contributed by atoms with Crippen molar-refractivity contribution < 1.29 is 23.5 Å². The molecule has 0 amide bonds. The molecule has 0 aliphatic rings. The van der Waals surface area contributed by atoms with Crippen LogP contribution in [0.15, 0.2) is 22.7 Å². The number of carbonyl (C=O) groups is 1. The minimum absolute atomic E-state index is 0.156. The lowest BCUT2D eigenvalue weighted by molar-refractivity contribution is 0.109. The van der Waals surface area contributed by atoms with E-state index in [2.05, 4.69) is 5.16 Å². The van der Waals surface area contributed by atoms with Crippen LogP contribution in [-0.4, -0.2) is 32.8 Å². The lowest BCUT2D eigenvalue weighted by Gasteiger charge is -2.13. The molecule has 6 nitrogen and oxygen atoms in total. The Bertz CT molecular complexity index is 565. The molecule has 0 aliphatic heterocycles. The van der Waals surface area contributed by atoms with Gasteiger partial charge in [-0.25, -0.2) is 0 Å². The highest BCUT2D eigenvalue weighted by Gasteiger charge is 2.16. The highest BCUT2D eigenvalue weighted by Crippen LogP contribution is 2.40. The van der Waals surface area contributed by atoms with Crippen molar-refractivity contribution in [2.24, 2.45) is 0 Å². The fourth-order valence-electron chi connectivity index (χ4n) is 1.71. The number of ether oxygens (including phenoxy) is 3. The third-order valence-corrected chi connectivity index (χ3v) is 2.61. The maximum absolute atomic E-state index is 10.6. The van der Waals surface area contributed by atoms with Crippen LogP contribution in [0.5, 0.6) is 17.2 Å². The number of rotatable bonds is 5. The summed E-state index contributed by atoms with van der Waals surface area (Å²) in [6, 6.07) is 5.00. The van der Waals surface area contributed by atoms with Gasteiger partial charge >= 0.3 is 0 Å². The van der Waals surface area contributed by atoms with Crippen LogP contribution in [0.25, 0.3) is 11.3 Å². The number of aromatic nitrogens is 1. The maximum atomic E-state index is 10.6. The van der Waals surface area contributed by atoms with E-state index >= 15 is 0 Å². The number of methoxy groups -OCH3 is 3. The van der Waals surface area contributed by atoms with Crippen molar-refractivity contribution >= 4 is 6.29 Å². The van der Waals surface area contributed by atoms with E-state index in [4.69, 9.17) is 18.7 Å². The summed E-state index contributed by atoms with van der Waals surface area (Å²) >= 11 is 0. The van der Waals surface area contributed by atoms with Gasteiger partial charge in [0.2, 0.25) is 5.75 Å². The number of aldehydes is 1. The van der Waals surface area contributed by atoms with Crippen molar-refractivity contribution in [3.8, 4) is 28.5 Å². The summed E-state index contributed by atoms with van der Waals surface area (Å²) in [5, 5.41) is 3.81. The molecule has 0 N–H and O–H groups in total. The zero-order valence-electron chi connectivity index (χ0n) is 10.8. The quantitative estimate of drug-likeness (QED) is 0.770. The van der Waals surface area contributed by atoms with Crippen molar-refractivity contribution in [2.45, 2.75) is 0 Å². The SMILES string of the molecule is COc1cc(-c2cc(C=O)on2)cc(OC)c1OC. The van der Waals surface area contributed by atoms with Crippen LogP contribution >= 0.6 is 0 Å². The average molecular weight is 263 g/mol. The van der Waals surface area contributed by atoms with Crippen LogP contribution in [0, 0.1) is 0 Å². The zero-order chi connectivity index (χ0) is 13.8. The predicted octanol–water partition coefficient (Wildman–Crippen LogP) is 2.18. The second kappa shape index (κ2) is 5.43. The van der Waals surface area contributed by atoms with Crippen molar-refractivity contribution in [1.82, 2.24) is 5.16 Å². The fraction of sp³-hybridized carbons (Fsp3) is 0.231. The van der Waals surface area contributed by atoms with E-state index in [0.717, 1.165) is 0 Å². The molecule has 0 unspecified atom stereocenters. The van der Waals surface area contributed by atoms with Crippen LogP contribution in [0.1, 0.15) is 10.6 Å². The minimum Gasteiger partial charge on any atom is -0.493 e. The summed E-state index contributed by atoms with van der Waals surface area (Å²) in [6.07, 6.45) is 0.592. The molecule has 6 heteroatoms. The molecule has 1 heterocycles. The Kier molecular flexibility index (Phi) is 3.70. The summed E-state index contributed by atoms with van der Waals surface area (Å²) in [6.45, 7) is 0. The summed E-state index contributed by atoms with van der Waals surface area (Å²) in [7, 11) is 4.59. The predicted molar refractivity (Wildman–Crippen MR) is 67.0 cm³/mol. The first kappa shape index (κ1) is 12.9. The molecule has 0 atom stereocenters. The van der Waals surface area contributed by atoms with Gasteiger partial charge in [-0.2, -0.15) is 0 Å². The Labute approximate surface area is 109 Å². The highest BCUT2D eigenvalue weighted by molar-refractivity contribution is 5.75.